The molecule has 2 rings (SSSR count). The van der Waals surface area contributed by atoms with Crippen LogP contribution in [0.4, 0.5) is 0 Å². The lowest BCUT2D eigenvalue weighted by molar-refractivity contribution is 0.411. The molecule has 2 heteroatoms. The normalized spacial score (nSPS) is 12.3. The Bertz CT molecular complexity index is 626. The number of rotatable bonds is 4. The van der Waals surface area contributed by atoms with E-state index in [1.54, 1.807) is 7.11 Å². The molecule has 0 saturated carbocycles. The summed E-state index contributed by atoms with van der Waals surface area (Å²) >= 11 is 0. The molecule has 0 heterocycles. The second kappa shape index (κ2) is 6.31. The van der Waals surface area contributed by atoms with E-state index in [9.17, 15) is 0 Å². The molecule has 0 aliphatic rings. The van der Waals surface area contributed by atoms with Crippen LogP contribution in [0.5, 0.6) is 5.75 Å². The third-order valence-corrected chi connectivity index (χ3v) is 3.96. The zero-order chi connectivity index (χ0) is 15.6. The molecular formula is C19H25NO. The highest BCUT2D eigenvalue weighted by Gasteiger charge is 2.16. The van der Waals surface area contributed by atoms with Crippen molar-refractivity contribution in [2.45, 2.75) is 33.7 Å². The van der Waals surface area contributed by atoms with E-state index >= 15 is 0 Å². The summed E-state index contributed by atoms with van der Waals surface area (Å²) in [5, 5.41) is 3.45. The highest BCUT2D eigenvalue weighted by molar-refractivity contribution is 5.46. The molecule has 2 aromatic rings. The van der Waals surface area contributed by atoms with E-state index in [1.807, 2.05) is 7.05 Å². The third-order valence-electron chi connectivity index (χ3n) is 3.96. The van der Waals surface area contributed by atoms with Crippen LogP contribution in [0.25, 0.3) is 0 Å². The van der Waals surface area contributed by atoms with Crippen LogP contribution in [0.3, 0.4) is 0 Å². The van der Waals surface area contributed by atoms with E-state index in [4.69, 9.17) is 4.74 Å². The lowest BCUT2D eigenvalue weighted by Crippen LogP contribution is -2.19. The highest BCUT2D eigenvalue weighted by Crippen LogP contribution is 2.30. The van der Waals surface area contributed by atoms with E-state index in [-0.39, 0.29) is 6.04 Å². The summed E-state index contributed by atoms with van der Waals surface area (Å²) < 4.78 is 5.42. The van der Waals surface area contributed by atoms with Crippen LogP contribution in [0.15, 0.2) is 30.3 Å². The maximum absolute atomic E-state index is 5.42. The van der Waals surface area contributed by atoms with Gasteiger partial charge in [-0.3, -0.25) is 0 Å². The molecule has 0 bridgehead atoms. The topological polar surface area (TPSA) is 21.3 Å². The van der Waals surface area contributed by atoms with Gasteiger partial charge in [-0.05, 0) is 63.1 Å². The van der Waals surface area contributed by atoms with Crippen LogP contribution in [0.1, 0.15) is 39.4 Å². The van der Waals surface area contributed by atoms with Gasteiger partial charge in [-0.25, -0.2) is 0 Å². The molecule has 0 aliphatic heterocycles. The Labute approximate surface area is 128 Å². The fourth-order valence-electron chi connectivity index (χ4n) is 3.02. The average molecular weight is 283 g/mol. The quantitative estimate of drug-likeness (QED) is 0.906. The molecular weight excluding hydrogens is 258 g/mol. The monoisotopic (exact) mass is 283 g/mol. The van der Waals surface area contributed by atoms with Gasteiger partial charge >= 0.3 is 0 Å². The SMILES string of the molecule is CNC(c1cc(C)cc(C)c1)c1cc(C)c(OC)cc1C. The summed E-state index contributed by atoms with van der Waals surface area (Å²) in [6.07, 6.45) is 0. The predicted molar refractivity (Wildman–Crippen MR) is 89.3 cm³/mol. The fraction of sp³-hybridized carbons (Fsp3) is 0.368. The summed E-state index contributed by atoms with van der Waals surface area (Å²) in [6, 6.07) is 11.3. The van der Waals surface area contributed by atoms with Crippen LogP contribution in [0, 0.1) is 27.7 Å². The third kappa shape index (κ3) is 3.27. The van der Waals surface area contributed by atoms with Crippen molar-refractivity contribution in [3.05, 3.63) is 63.7 Å². The van der Waals surface area contributed by atoms with Crippen LogP contribution in [-0.4, -0.2) is 14.2 Å². The highest BCUT2D eigenvalue weighted by atomic mass is 16.5. The predicted octanol–water partition coefficient (Wildman–Crippen LogP) is 4.24. The molecule has 2 nitrogen and oxygen atoms in total. The summed E-state index contributed by atoms with van der Waals surface area (Å²) in [5.74, 6) is 0.950. The van der Waals surface area contributed by atoms with Crippen molar-refractivity contribution in [3.63, 3.8) is 0 Å². The van der Waals surface area contributed by atoms with E-state index in [0.29, 0.717) is 0 Å². The standard InChI is InChI=1S/C19H25NO/c1-12-7-13(2)9-16(8-12)19(20-5)17-10-15(4)18(21-6)11-14(17)3/h7-11,19-20H,1-6H3. The number of methoxy groups -OCH3 is 1. The maximum Gasteiger partial charge on any atom is 0.122 e. The molecule has 2 aromatic carbocycles. The van der Waals surface area contributed by atoms with E-state index in [1.165, 1.54) is 33.4 Å². The summed E-state index contributed by atoms with van der Waals surface area (Å²) in [7, 11) is 3.74. The Morgan fingerprint density at radius 2 is 1.48 bits per heavy atom. The van der Waals surface area contributed by atoms with Crippen molar-refractivity contribution >= 4 is 0 Å². The summed E-state index contributed by atoms with van der Waals surface area (Å²) in [4.78, 5) is 0. The van der Waals surface area contributed by atoms with Gasteiger partial charge in [-0.2, -0.15) is 0 Å². The molecule has 1 unspecified atom stereocenters. The summed E-state index contributed by atoms with van der Waals surface area (Å²) in [5.41, 5.74) is 7.63. The lowest BCUT2D eigenvalue weighted by Gasteiger charge is -2.22. The lowest BCUT2D eigenvalue weighted by atomic mass is 9.91. The minimum Gasteiger partial charge on any atom is -0.496 e. The molecule has 1 N–H and O–H groups in total. The second-order valence-corrected chi connectivity index (χ2v) is 5.82. The number of hydrogen-bond acceptors (Lipinski definition) is 2. The molecule has 21 heavy (non-hydrogen) atoms. The van der Waals surface area contributed by atoms with E-state index in [2.05, 4.69) is 63.3 Å². The van der Waals surface area contributed by atoms with Crippen LogP contribution in [0.2, 0.25) is 0 Å². The van der Waals surface area contributed by atoms with Crippen molar-refractivity contribution in [3.8, 4) is 5.75 Å². The van der Waals surface area contributed by atoms with Crippen molar-refractivity contribution in [2.24, 2.45) is 0 Å². The number of hydrogen-bond donors (Lipinski definition) is 1. The van der Waals surface area contributed by atoms with Crippen molar-refractivity contribution in [2.75, 3.05) is 14.2 Å². The first-order chi connectivity index (χ1) is 9.96. The Hall–Kier alpha value is -1.80. The molecule has 0 amide bonds. The van der Waals surface area contributed by atoms with Crippen LogP contribution in [-0.2, 0) is 0 Å². The molecule has 0 aliphatic carbocycles. The zero-order valence-electron chi connectivity index (χ0n) is 13.9. The van der Waals surface area contributed by atoms with Gasteiger partial charge in [0.05, 0.1) is 13.2 Å². The first-order valence-corrected chi connectivity index (χ1v) is 7.37. The van der Waals surface area contributed by atoms with Gasteiger partial charge in [0.2, 0.25) is 0 Å². The Kier molecular flexibility index (Phi) is 4.69. The molecule has 0 saturated heterocycles. The van der Waals surface area contributed by atoms with Gasteiger partial charge < -0.3 is 10.1 Å². The minimum absolute atomic E-state index is 0.202. The number of ether oxygens (including phenoxy) is 1. The van der Waals surface area contributed by atoms with Crippen LogP contribution < -0.4 is 10.1 Å². The number of aryl methyl sites for hydroxylation is 4. The summed E-state index contributed by atoms with van der Waals surface area (Å²) in [6.45, 7) is 8.53. The van der Waals surface area contributed by atoms with Crippen LogP contribution >= 0.6 is 0 Å². The van der Waals surface area contributed by atoms with Gasteiger partial charge in [0.15, 0.2) is 0 Å². The molecule has 0 aromatic heterocycles. The molecule has 0 spiro atoms. The smallest absolute Gasteiger partial charge is 0.122 e. The number of benzene rings is 2. The van der Waals surface area contributed by atoms with Gasteiger partial charge in [0.25, 0.3) is 0 Å². The van der Waals surface area contributed by atoms with Gasteiger partial charge in [-0.1, -0.05) is 35.4 Å². The maximum atomic E-state index is 5.42. The Balaban J connectivity index is 2.53. The number of nitrogens with one attached hydrogen (secondary N) is 1. The molecule has 112 valence electrons. The van der Waals surface area contributed by atoms with Gasteiger partial charge in [-0.15, -0.1) is 0 Å². The molecule has 0 radical (unpaired) electrons. The molecule has 1 atom stereocenters. The average Bonchev–Trinajstić information content (AvgIpc) is 2.42. The Morgan fingerprint density at radius 3 is 2.00 bits per heavy atom. The largest absolute Gasteiger partial charge is 0.496 e. The fourth-order valence-corrected chi connectivity index (χ4v) is 3.02. The van der Waals surface area contributed by atoms with Crippen molar-refractivity contribution < 1.29 is 4.74 Å². The van der Waals surface area contributed by atoms with Crippen molar-refractivity contribution in [1.82, 2.24) is 5.32 Å². The zero-order valence-corrected chi connectivity index (χ0v) is 13.9. The molecule has 0 fully saturated rings. The minimum atomic E-state index is 0.202. The van der Waals surface area contributed by atoms with Crippen molar-refractivity contribution in [1.29, 1.82) is 0 Å². The first kappa shape index (κ1) is 15.6. The first-order valence-electron chi connectivity index (χ1n) is 7.37. The van der Waals surface area contributed by atoms with E-state index < -0.39 is 0 Å². The van der Waals surface area contributed by atoms with Gasteiger partial charge in [0, 0.05) is 0 Å². The van der Waals surface area contributed by atoms with E-state index in [0.717, 1.165) is 5.75 Å². The Morgan fingerprint density at radius 1 is 0.857 bits per heavy atom. The van der Waals surface area contributed by atoms with Gasteiger partial charge in [0.1, 0.15) is 5.75 Å². The second-order valence-electron chi connectivity index (χ2n) is 5.82.